The first-order chi connectivity index (χ1) is 10.3. The number of aliphatic hydroxyl groups excluding tert-OH is 1. The number of rotatable bonds is 1. The number of benzene rings is 3. The van der Waals surface area contributed by atoms with Crippen molar-refractivity contribution in [2.45, 2.75) is 38.2 Å². The van der Waals surface area contributed by atoms with Gasteiger partial charge in [-0.25, -0.2) is 0 Å². The highest BCUT2D eigenvalue weighted by atomic mass is 16.3. The Morgan fingerprint density at radius 2 is 1.76 bits per heavy atom. The standard InChI is InChI=1S/C20H20O/c1-13(21)15-7-4-8-17-18(15)11-12-19-16-6-3-2-5-14(16)9-10-20(17)19/h2-3,5-6,9-13,15,21H,4,7-8H2,1H3. The molecule has 2 unspecified atom stereocenters. The Morgan fingerprint density at radius 3 is 2.62 bits per heavy atom. The van der Waals surface area contributed by atoms with E-state index >= 15 is 0 Å². The molecule has 21 heavy (non-hydrogen) atoms. The molecule has 0 saturated carbocycles. The third-order valence-electron chi connectivity index (χ3n) is 5.00. The van der Waals surface area contributed by atoms with Crippen LogP contribution in [0.25, 0.3) is 21.5 Å². The summed E-state index contributed by atoms with van der Waals surface area (Å²) >= 11 is 0. The van der Waals surface area contributed by atoms with Crippen LogP contribution in [0, 0.1) is 0 Å². The lowest BCUT2D eigenvalue weighted by atomic mass is 9.78. The average Bonchev–Trinajstić information content (AvgIpc) is 2.53. The fourth-order valence-electron chi connectivity index (χ4n) is 3.95. The van der Waals surface area contributed by atoms with Crippen molar-refractivity contribution < 1.29 is 5.11 Å². The van der Waals surface area contributed by atoms with Gasteiger partial charge in [0.1, 0.15) is 0 Å². The molecular weight excluding hydrogens is 256 g/mol. The van der Waals surface area contributed by atoms with E-state index in [-0.39, 0.29) is 6.10 Å². The van der Waals surface area contributed by atoms with Gasteiger partial charge in [-0.05, 0) is 58.9 Å². The van der Waals surface area contributed by atoms with E-state index in [0.29, 0.717) is 5.92 Å². The van der Waals surface area contributed by atoms with Gasteiger partial charge in [0.15, 0.2) is 0 Å². The number of aryl methyl sites for hydroxylation is 1. The molecule has 0 aliphatic heterocycles. The third kappa shape index (κ3) is 1.96. The van der Waals surface area contributed by atoms with Crippen LogP contribution in [0.2, 0.25) is 0 Å². The minimum atomic E-state index is -0.262. The first kappa shape index (κ1) is 12.8. The zero-order valence-electron chi connectivity index (χ0n) is 12.3. The van der Waals surface area contributed by atoms with E-state index in [1.807, 2.05) is 6.92 Å². The molecule has 0 heterocycles. The van der Waals surface area contributed by atoms with Gasteiger partial charge in [0.2, 0.25) is 0 Å². The van der Waals surface area contributed by atoms with E-state index in [4.69, 9.17) is 0 Å². The second-order valence-electron chi connectivity index (χ2n) is 6.25. The lowest BCUT2D eigenvalue weighted by Crippen LogP contribution is -2.20. The van der Waals surface area contributed by atoms with Crippen LogP contribution >= 0.6 is 0 Å². The average molecular weight is 276 g/mol. The van der Waals surface area contributed by atoms with Crippen LogP contribution < -0.4 is 0 Å². The van der Waals surface area contributed by atoms with E-state index < -0.39 is 0 Å². The molecule has 3 aromatic rings. The van der Waals surface area contributed by atoms with Crippen LogP contribution in [0.1, 0.15) is 36.8 Å². The van der Waals surface area contributed by atoms with Crippen molar-refractivity contribution in [3.8, 4) is 0 Å². The summed E-state index contributed by atoms with van der Waals surface area (Å²) in [5.41, 5.74) is 2.81. The minimum absolute atomic E-state index is 0.262. The lowest BCUT2D eigenvalue weighted by molar-refractivity contribution is 0.153. The maximum atomic E-state index is 10.1. The van der Waals surface area contributed by atoms with Crippen molar-refractivity contribution in [1.29, 1.82) is 0 Å². The molecule has 0 spiro atoms. The van der Waals surface area contributed by atoms with Gasteiger partial charge in [-0.2, -0.15) is 0 Å². The second kappa shape index (κ2) is 4.85. The first-order valence-electron chi connectivity index (χ1n) is 7.87. The van der Waals surface area contributed by atoms with E-state index in [2.05, 4.69) is 48.5 Å². The zero-order valence-corrected chi connectivity index (χ0v) is 12.3. The molecule has 0 amide bonds. The summed E-state index contributed by atoms with van der Waals surface area (Å²) in [6.45, 7) is 1.92. The van der Waals surface area contributed by atoms with E-state index in [0.717, 1.165) is 12.8 Å². The van der Waals surface area contributed by atoms with E-state index in [1.165, 1.54) is 39.1 Å². The molecule has 1 aliphatic rings. The van der Waals surface area contributed by atoms with Crippen molar-refractivity contribution >= 4 is 21.5 Å². The molecule has 0 radical (unpaired) electrons. The topological polar surface area (TPSA) is 20.2 Å². The van der Waals surface area contributed by atoms with E-state index in [1.54, 1.807) is 0 Å². The molecule has 1 aliphatic carbocycles. The molecule has 106 valence electrons. The monoisotopic (exact) mass is 276 g/mol. The highest BCUT2D eigenvalue weighted by Crippen LogP contribution is 2.39. The van der Waals surface area contributed by atoms with Crippen LogP contribution in [0.4, 0.5) is 0 Å². The van der Waals surface area contributed by atoms with Crippen LogP contribution in [0.5, 0.6) is 0 Å². The number of hydrogen-bond donors (Lipinski definition) is 1. The highest BCUT2D eigenvalue weighted by Gasteiger charge is 2.25. The molecule has 1 heteroatoms. The largest absolute Gasteiger partial charge is 0.393 e. The maximum Gasteiger partial charge on any atom is 0.0580 e. The quantitative estimate of drug-likeness (QED) is 0.633. The smallest absolute Gasteiger partial charge is 0.0580 e. The van der Waals surface area contributed by atoms with Gasteiger partial charge in [0.05, 0.1) is 6.10 Å². The summed E-state index contributed by atoms with van der Waals surface area (Å²) in [7, 11) is 0. The maximum absolute atomic E-state index is 10.1. The van der Waals surface area contributed by atoms with Crippen molar-refractivity contribution in [3.63, 3.8) is 0 Å². The van der Waals surface area contributed by atoms with Crippen LogP contribution in [0.3, 0.4) is 0 Å². The summed E-state index contributed by atoms with van der Waals surface area (Å²) in [4.78, 5) is 0. The molecule has 2 atom stereocenters. The Morgan fingerprint density at radius 1 is 0.952 bits per heavy atom. The fraction of sp³-hybridized carbons (Fsp3) is 0.300. The third-order valence-corrected chi connectivity index (χ3v) is 5.00. The molecule has 0 saturated heterocycles. The Hall–Kier alpha value is -1.86. The summed E-state index contributed by atoms with van der Waals surface area (Å²) < 4.78 is 0. The first-order valence-corrected chi connectivity index (χ1v) is 7.87. The Bertz CT molecular complexity index is 817. The SMILES string of the molecule is CC(O)C1CCCc2c1ccc1c2ccc2ccccc21. The van der Waals surface area contributed by atoms with Gasteiger partial charge in [-0.15, -0.1) is 0 Å². The van der Waals surface area contributed by atoms with Crippen LogP contribution in [-0.2, 0) is 6.42 Å². The molecule has 0 bridgehead atoms. The van der Waals surface area contributed by atoms with Gasteiger partial charge >= 0.3 is 0 Å². The second-order valence-corrected chi connectivity index (χ2v) is 6.25. The Labute approximate surface area is 125 Å². The summed E-state index contributed by atoms with van der Waals surface area (Å²) in [5, 5.41) is 15.4. The molecule has 1 N–H and O–H groups in total. The number of hydrogen-bond acceptors (Lipinski definition) is 1. The van der Waals surface area contributed by atoms with E-state index in [9.17, 15) is 5.11 Å². The normalized spacial score (nSPS) is 19.6. The zero-order chi connectivity index (χ0) is 14.4. The number of aliphatic hydroxyl groups is 1. The van der Waals surface area contributed by atoms with Gasteiger partial charge in [0.25, 0.3) is 0 Å². The van der Waals surface area contributed by atoms with Crippen LogP contribution in [0.15, 0.2) is 48.5 Å². The summed E-state index contributed by atoms with van der Waals surface area (Å²) in [6.07, 6.45) is 3.15. The predicted octanol–water partition coefficient (Wildman–Crippen LogP) is 4.79. The van der Waals surface area contributed by atoms with Crippen molar-refractivity contribution in [1.82, 2.24) is 0 Å². The lowest BCUT2D eigenvalue weighted by Gasteiger charge is -2.29. The molecule has 0 fully saturated rings. The fourth-order valence-corrected chi connectivity index (χ4v) is 3.95. The van der Waals surface area contributed by atoms with Crippen molar-refractivity contribution in [3.05, 3.63) is 59.7 Å². The Kier molecular flexibility index (Phi) is 2.97. The summed E-state index contributed by atoms with van der Waals surface area (Å²) in [5.74, 6) is 0.296. The Balaban J connectivity index is 2.04. The predicted molar refractivity (Wildman–Crippen MR) is 88.8 cm³/mol. The number of fused-ring (bicyclic) bond motifs is 5. The molecule has 1 nitrogen and oxygen atoms in total. The molecule has 0 aromatic heterocycles. The van der Waals surface area contributed by atoms with Crippen LogP contribution in [-0.4, -0.2) is 11.2 Å². The van der Waals surface area contributed by atoms with Gasteiger partial charge in [-0.3, -0.25) is 0 Å². The van der Waals surface area contributed by atoms with Crippen molar-refractivity contribution in [2.24, 2.45) is 0 Å². The van der Waals surface area contributed by atoms with Gasteiger partial charge in [-0.1, -0.05) is 48.5 Å². The van der Waals surface area contributed by atoms with Crippen molar-refractivity contribution in [2.75, 3.05) is 0 Å². The minimum Gasteiger partial charge on any atom is -0.393 e. The summed E-state index contributed by atoms with van der Waals surface area (Å²) in [6, 6.07) is 17.6. The molecular formula is C20H20O. The van der Waals surface area contributed by atoms with Gasteiger partial charge < -0.3 is 5.11 Å². The highest BCUT2D eigenvalue weighted by molar-refractivity contribution is 6.08. The molecule has 3 aromatic carbocycles. The van der Waals surface area contributed by atoms with Gasteiger partial charge in [0, 0.05) is 5.92 Å². The molecule has 4 rings (SSSR count).